The fraction of sp³-hybridized carbons (Fsp3) is 0.667. The molecule has 3 rings (SSSR count). The molecular weight excluding hydrogens is 323 g/mol. The van der Waals surface area contributed by atoms with Crippen LogP contribution >= 0.6 is 24.8 Å². The molecule has 0 aliphatic carbocycles. The number of aromatic nitrogens is 1. The lowest BCUT2D eigenvalue weighted by Gasteiger charge is -2.24. The summed E-state index contributed by atoms with van der Waals surface area (Å²) in [6.07, 6.45) is 3.89. The number of nitrogens with zero attached hydrogens (tertiary/aromatic N) is 1. The van der Waals surface area contributed by atoms with Crippen LogP contribution < -0.4 is 16.0 Å². The smallest absolute Gasteiger partial charge is 0.0907 e. The van der Waals surface area contributed by atoms with Crippen LogP contribution in [0.15, 0.2) is 6.20 Å². The Morgan fingerprint density at radius 1 is 1.32 bits per heavy atom. The molecule has 1 atom stereocenters. The SMILES string of the molecule is Cc1ncc2c(c1CNCC1(O)CCNC1)CCNC2.Cl.Cl. The van der Waals surface area contributed by atoms with Gasteiger partial charge in [-0.1, -0.05) is 0 Å². The van der Waals surface area contributed by atoms with E-state index in [1.165, 1.54) is 16.7 Å². The Hall–Kier alpha value is -0.430. The molecule has 0 spiro atoms. The molecule has 0 bridgehead atoms. The highest BCUT2D eigenvalue weighted by molar-refractivity contribution is 5.85. The van der Waals surface area contributed by atoms with Gasteiger partial charge in [0, 0.05) is 38.1 Å². The predicted molar refractivity (Wildman–Crippen MR) is 93.0 cm³/mol. The first-order valence-corrected chi connectivity index (χ1v) is 7.49. The quantitative estimate of drug-likeness (QED) is 0.644. The highest BCUT2D eigenvalue weighted by Gasteiger charge is 2.30. The van der Waals surface area contributed by atoms with Gasteiger partial charge in [-0.2, -0.15) is 0 Å². The van der Waals surface area contributed by atoms with Gasteiger partial charge in [-0.3, -0.25) is 4.98 Å². The first kappa shape index (κ1) is 19.6. The number of hydrogen-bond acceptors (Lipinski definition) is 5. The minimum Gasteiger partial charge on any atom is -0.387 e. The van der Waals surface area contributed by atoms with Crippen molar-refractivity contribution in [1.82, 2.24) is 20.9 Å². The number of pyridine rings is 1. The molecule has 1 aromatic heterocycles. The van der Waals surface area contributed by atoms with Gasteiger partial charge in [0.1, 0.15) is 0 Å². The Balaban J connectivity index is 0.00000121. The summed E-state index contributed by atoms with van der Waals surface area (Å²) in [7, 11) is 0. The number of β-amino-alcohol motifs (C(OH)–C–C–N with tert-alkyl or cyclic N) is 1. The minimum atomic E-state index is -0.586. The lowest BCUT2D eigenvalue weighted by molar-refractivity contribution is 0.0608. The zero-order chi connectivity index (χ0) is 14.0. The van der Waals surface area contributed by atoms with Crippen molar-refractivity contribution in [3.05, 3.63) is 28.6 Å². The van der Waals surface area contributed by atoms with Crippen molar-refractivity contribution in [3.8, 4) is 0 Å². The summed E-state index contributed by atoms with van der Waals surface area (Å²) >= 11 is 0. The zero-order valence-electron chi connectivity index (χ0n) is 12.9. The fourth-order valence-electron chi connectivity index (χ4n) is 3.18. The second-order valence-corrected chi connectivity index (χ2v) is 6.01. The van der Waals surface area contributed by atoms with Gasteiger partial charge in [-0.05, 0) is 49.5 Å². The van der Waals surface area contributed by atoms with E-state index < -0.39 is 5.60 Å². The van der Waals surface area contributed by atoms with Gasteiger partial charge in [0.15, 0.2) is 0 Å². The predicted octanol–water partition coefficient (Wildman–Crippen LogP) is 0.693. The maximum Gasteiger partial charge on any atom is 0.0907 e. The summed E-state index contributed by atoms with van der Waals surface area (Å²) in [6.45, 7) is 7.07. The van der Waals surface area contributed by atoms with Crippen LogP contribution in [-0.4, -0.2) is 41.9 Å². The molecule has 126 valence electrons. The standard InChI is InChI=1S/C15H24N4O.2ClH/c1-11-14(8-18-10-15(20)3-5-17-9-15)13-2-4-16-6-12(13)7-19-11;;/h7,16-18,20H,2-6,8-10H2,1H3;2*1H. The Labute approximate surface area is 144 Å². The zero-order valence-corrected chi connectivity index (χ0v) is 14.6. The maximum absolute atomic E-state index is 10.3. The molecule has 22 heavy (non-hydrogen) atoms. The Morgan fingerprint density at radius 2 is 2.14 bits per heavy atom. The first-order valence-electron chi connectivity index (χ1n) is 7.49. The molecule has 0 aromatic carbocycles. The van der Waals surface area contributed by atoms with Crippen LogP contribution in [0.4, 0.5) is 0 Å². The van der Waals surface area contributed by atoms with E-state index in [2.05, 4.69) is 27.9 Å². The fourth-order valence-corrected chi connectivity index (χ4v) is 3.18. The van der Waals surface area contributed by atoms with Crippen molar-refractivity contribution in [1.29, 1.82) is 0 Å². The van der Waals surface area contributed by atoms with Crippen molar-refractivity contribution in [2.45, 2.75) is 38.5 Å². The topological polar surface area (TPSA) is 69.2 Å². The number of aliphatic hydroxyl groups is 1. The van der Waals surface area contributed by atoms with E-state index in [4.69, 9.17) is 0 Å². The van der Waals surface area contributed by atoms with Gasteiger partial charge in [0.05, 0.1) is 5.60 Å². The molecule has 0 amide bonds. The molecular formula is C15H26Cl2N4O. The second kappa shape index (κ2) is 8.43. The normalized spacial score (nSPS) is 23.4. The first-order chi connectivity index (χ1) is 9.68. The van der Waals surface area contributed by atoms with Gasteiger partial charge in [0.2, 0.25) is 0 Å². The third-order valence-corrected chi connectivity index (χ3v) is 4.45. The number of fused-ring (bicyclic) bond motifs is 1. The van der Waals surface area contributed by atoms with Gasteiger partial charge < -0.3 is 21.1 Å². The summed E-state index contributed by atoms with van der Waals surface area (Å²) in [5.74, 6) is 0. The summed E-state index contributed by atoms with van der Waals surface area (Å²) < 4.78 is 0. The maximum atomic E-state index is 10.3. The number of hydrogen-bond donors (Lipinski definition) is 4. The van der Waals surface area contributed by atoms with E-state index in [-0.39, 0.29) is 24.8 Å². The number of halogens is 2. The Kier molecular flexibility index (Phi) is 7.52. The second-order valence-electron chi connectivity index (χ2n) is 6.01. The van der Waals surface area contributed by atoms with Crippen LogP contribution in [-0.2, 0) is 19.5 Å². The van der Waals surface area contributed by atoms with Crippen molar-refractivity contribution in [3.63, 3.8) is 0 Å². The number of nitrogens with one attached hydrogen (secondary N) is 3. The molecule has 0 radical (unpaired) electrons. The lowest BCUT2D eigenvalue weighted by atomic mass is 9.95. The van der Waals surface area contributed by atoms with Crippen molar-refractivity contribution < 1.29 is 5.11 Å². The summed E-state index contributed by atoms with van der Waals surface area (Å²) in [6, 6.07) is 0. The Morgan fingerprint density at radius 3 is 2.86 bits per heavy atom. The van der Waals surface area contributed by atoms with Crippen molar-refractivity contribution in [2.75, 3.05) is 26.2 Å². The average Bonchev–Trinajstić information content (AvgIpc) is 2.88. The molecule has 7 heteroatoms. The van der Waals surface area contributed by atoms with E-state index in [0.717, 1.165) is 44.7 Å². The third-order valence-electron chi connectivity index (χ3n) is 4.45. The van der Waals surface area contributed by atoms with Crippen LogP contribution in [0.1, 0.15) is 28.8 Å². The highest BCUT2D eigenvalue weighted by atomic mass is 35.5. The lowest BCUT2D eigenvalue weighted by Crippen LogP contribution is -2.42. The molecule has 0 saturated carbocycles. The van der Waals surface area contributed by atoms with E-state index in [0.29, 0.717) is 13.1 Å². The van der Waals surface area contributed by atoms with Gasteiger partial charge in [-0.15, -0.1) is 24.8 Å². The number of rotatable bonds is 4. The van der Waals surface area contributed by atoms with Gasteiger partial charge >= 0.3 is 0 Å². The Bertz CT molecular complexity index is 493. The molecule has 3 heterocycles. The van der Waals surface area contributed by atoms with Crippen LogP contribution in [0.25, 0.3) is 0 Å². The molecule has 2 aliphatic heterocycles. The van der Waals surface area contributed by atoms with Crippen LogP contribution in [0, 0.1) is 6.92 Å². The molecule has 1 saturated heterocycles. The molecule has 1 fully saturated rings. The molecule has 5 nitrogen and oxygen atoms in total. The van der Waals surface area contributed by atoms with Crippen molar-refractivity contribution in [2.24, 2.45) is 0 Å². The molecule has 2 aliphatic rings. The van der Waals surface area contributed by atoms with E-state index in [1.807, 2.05) is 6.20 Å². The molecule has 1 unspecified atom stereocenters. The summed E-state index contributed by atoms with van der Waals surface area (Å²) in [5.41, 5.74) is 4.60. The van der Waals surface area contributed by atoms with Gasteiger partial charge in [-0.25, -0.2) is 0 Å². The third kappa shape index (κ3) is 4.31. The average molecular weight is 349 g/mol. The van der Waals surface area contributed by atoms with E-state index in [9.17, 15) is 5.11 Å². The largest absolute Gasteiger partial charge is 0.387 e. The van der Waals surface area contributed by atoms with E-state index in [1.54, 1.807) is 0 Å². The highest BCUT2D eigenvalue weighted by Crippen LogP contribution is 2.20. The molecule has 4 N–H and O–H groups in total. The van der Waals surface area contributed by atoms with Crippen LogP contribution in [0.2, 0.25) is 0 Å². The number of aryl methyl sites for hydroxylation is 1. The van der Waals surface area contributed by atoms with Gasteiger partial charge in [0.25, 0.3) is 0 Å². The van der Waals surface area contributed by atoms with Crippen LogP contribution in [0.3, 0.4) is 0 Å². The minimum absolute atomic E-state index is 0. The van der Waals surface area contributed by atoms with E-state index >= 15 is 0 Å². The van der Waals surface area contributed by atoms with Crippen LogP contribution in [0.5, 0.6) is 0 Å². The molecule has 1 aromatic rings. The summed E-state index contributed by atoms with van der Waals surface area (Å²) in [5, 5.41) is 20.3. The van der Waals surface area contributed by atoms with Crippen molar-refractivity contribution >= 4 is 24.8 Å². The monoisotopic (exact) mass is 348 g/mol. The summed E-state index contributed by atoms with van der Waals surface area (Å²) in [4.78, 5) is 4.51.